The van der Waals surface area contributed by atoms with Crippen LogP contribution in [0.1, 0.15) is 64.5 Å². The Bertz CT molecular complexity index is 645. The van der Waals surface area contributed by atoms with Crippen LogP contribution < -0.4 is 9.80 Å². The van der Waals surface area contributed by atoms with Crippen molar-refractivity contribution in [2.24, 2.45) is 0 Å². The Kier molecular flexibility index (Phi) is 9.06. The summed E-state index contributed by atoms with van der Waals surface area (Å²) in [4.78, 5) is 17.5. The van der Waals surface area contributed by atoms with Gasteiger partial charge in [-0.3, -0.25) is 9.80 Å². The number of carbonyl (C=O) groups excluding carboxylic acids is 1. The van der Waals surface area contributed by atoms with Crippen LogP contribution in [-0.4, -0.2) is 19.1 Å². The molecule has 0 saturated heterocycles. The Morgan fingerprint density at radius 2 is 1.00 bits per heavy atom. The lowest BCUT2D eigenvalue weighted by atomic mass is 10.1. The molecule has 152 valence electrons. The zero-order chi connectivity index (χ0) is 20.4. The van der Waals surface area contributed by atoms with Crippen molar-refractivity contribution < 1.29 is 4.79 Å². The maximum atomic E-state index is 13.6. The molecule has 2 aromatic rings. The molecule has 2 aromatic carbocycles. The van der Waals surface area contributed by atoms with Crippen molar-refractivity contribution in [1.82, 2.24) is 0 Å². The van der Waals surface area contributed by atoms with Gasteiger partial charge in [0, 0.05) is 24.5 Å². The molecule has 3 nitrogen and oxygen atoms in total. The minimum absolute atomic E-state index is 0.0791. The van der Waals surface area contributed by atoms with Crippen LogP contribution in [0.2, 0.25) is 0 Å². The van der Waals surface area contributed by atoms with E-state index in [2.05, 4.69) is 76.2 Å². The highest BCUT2D eigenvalue weighted by molar-refractivity contribution is 6.03. The zero-order valence-corrected chi connectivity index (χ0v) is 18.1. The molecule has 0 aliphatic rings. The van der Waals surface area contributed by atoms with Gasteiger partial charge in [-0.1, -0.05) is 64.8 Å². The van der Waals surface area contributed by atoms with Crippen LogP contribution in [0, 0.1) is 0 Å². The van der Waals surface area contributed by atoms with Gasteiger partial charge >= 0.3 is 6.03 Å². The van der Waals surface area contributed by atoms with Crippen molar-refractivity contribution in [2.45, 2.75) is 66.2 Å². The van der Waals surface area contributed by atoms with E-state index in [4.69, 9.17) is 0 Å². The second-order valence-electron chi connectivity index (χ2n) is 7.33. The van der Waals surface area contributed by atoms with Crippen LogP contribution in [0.3, 0.4) is 0 Å². The number of benzene rings is 2. The highest BCUT2D eigenvalue weighted by atomic mass is 16.2. The van der Waals surface area contributed by atoms with Gasteiger partial charge in [-0.2, -0.15) is 0 Å². The van der Waals surface area contributed by atoms with Crippen LogP contribution in [0.5, 0.6) is 0 Å². The molecular weight excluding hydrogens is 344 g/mol. The maximum absolute atomic E-state index is 13.6. The summed E-state index contributed by atoms with van der Waals surface area (Å²) in [5, 5.41) is 0. The van der Waals surface area contributed by atoms with Crippen LogP contribution in [0.15, 0.2) is 48.5 Å². The number of nitrogens with zero attached hydrogens (tertiary/aromatic N) is 2. The van der Waals surface area contributed by atoms with E-state index in [1.807, 2.05) is 9.80 Å². The van der Waals surface area contributed by atoms with Gasteiger partial charge in [0.2, 0.25) is 0 Å². The quantitative estimate of drug-likeness (QED) is 0.442. The summed E-state index contributed by atoms with van der Waals surface area (Å²) in [6, 6.07) is 17.0. The first-order valence-electron chi connectivity index (χ1n) is 10.9. The van der Waals surface area contributed by atoms with Crippen molar-refractivity contribution in [2.75, 3.05) is 22.9 Å². The van der Waals surface area contributed by atoms with Crippen LogP contribution in [0.4, 0.5) is 16.2 Å². The SMILES string of the molecule is CCCCN(C(=O)N(CCCC)c1ccc(CC)cc1)c1ccc(CC)cc1. The monoisotopic (exact) mass is 380 g/mol. The van der Waals surface area contributed by atoms with Gasteiger partial charge in [0.15, 0.2) is 0 Å². The van der Waals surface area contributed by atoms with E-state index in [0.29, 0.717) is 0 Å². The number of aryl methyl sites for hydroxylation is 2. The summed E-state index contributed by atoms with van der Waals surface area (Å²) in [7, 11) is 0. The molecular formula is C25H36N2O. The van der Waals surface area contributed by atoms with E-state index in [9.17, 15) is 4.79 Å². The van der Waals surface area contributed by atoms with Crippen molar-refractivity contribution in [3.63, 3.8) is 0 Å². The molecule has 28 heavy (non-hydrogen) atoms. The van der Waals surface area contributed by atoms with Gasteiger partial charge in [-0.15, -0.1) is 0 Å². The maximum Gasteiger partial charge on any atom is 0.328 e. The number of amides is 2. The minimum atomic E-state index is 0.0791. The van der Waals surface area contributed by atoms with Crippen LogP contribution in [-0.2, 0) is 12.8 Å². The first-order chi connectivity index (χ1) is 13.6. The van der Waals surface area contributed by atoms with E-state index in [-0.39, 0.29) is 6.03 Å². The normalized spacial score (nSPS) is 10.7. The fraction of sp³-hybridized carbons (Fsp3) is 0.480. The van der Waals surface area contributed by atoms with Gasteiger partial charge in [0.1, 0.15) is 0 Å². The average Bonchev–Trinajstić information content (AvgIpc) is 2.75. The van der Waals surface area contributed by atoms with Gasteiger partial charge in [-0.25, -0.2) is 4.79 Å². The van der Waals surface area contributed by atoms with E-state index in [0.717, 1.165) is 63.0 Å². The third kappa shape index (κ3) is 5.85. The van der Waals surface area contributed by atoms with E-state index >= 15 is 0 Å². The van der Waals surface area contributed by atoms with Gasteiger partial charge in [0.25, 0.3) is 0 Å². The van der Waals surface area contributed by atoms with E-state index in [1.165, 1.54) is 11.1 Å². The molecule has 0 aromatic heterocycles. The Morgan fingerprint density at radius 3 is 1.29 bits per heavy atom. The molecule has 0 bridgehead atoms. The summed E-state index contributed by atoms with van der Waals surface area (Å²) in [5.41, 5.74) is 4.57. The fourth-order valence-corrected chi connectivity index (χ4v) is 3.27. The summed E-state index contributed by atoms with van der Waals surface area (Å²) in [6.45, 7) is 10.1. The molecule has 0 N–H and O–H groups in total. The Morgan fingerprint density at radius 1 is 0.643 bits per heavy atom. The third-order valence-electron chi connectivity index (χ3n) is 5.24. The largest absolute Gasteiger partial charge is 0.328 e. The first kappa shape index (κ1) is 22.0. The average molecular weight is 381 g/mol. The number of carbonyl (C=O) groups is 1. The molecule has 0 aliphatic heterocycles. The zero-order valence-electron chi connectivity index (χ0n) is 18.1. The summed E-state index contributed by atoms with van der Waals surface area (Å²) in [5.74, 6) is 0. The summed E-state index contributed by atoms with van der Waals surface area (Å²) >= 11 is 0. The predicted molar refractivity (Wildman–Crippen MR) is 122 cm³/mol. The molecule has 0 atom stereocenters. The lowest BCUT2D eigenvalue weighted by Crippen LogP contribution is -2.44. The number of unbranched alkanes of at least 4 members (excludes halogenated alkanes) is 2. The molecule has 3 heteroatoms. The van der Waals surface area contributed by atoms with E-state index < -0.39 is 0 Å². The molecule has 0 aliphatic carbocycles. The highest BCUT2D eigenvalue weighted by Crippen LogP contribution is 2.23. The van der Waals surface area contributed by atoms with Crippen LogP contribution >= 0.6 is 0 Å². The lowest BCUT2D eigenvalue weighted by molar-refractivity contribution is 0.251. The standard InChI is InChI=1S/C25H36N2O/c1-5-9-19-26(23-15-11-21(7-3)12-16-23)25(28)27(20-10-6-2)24-17-13-22(8-4)14-18-24/h11-18H,5-10,19-20H2,1-4H3. The first-order valence-corrected chi connectivity index (χ1v) is 10.9. The molecule has 2 rings (SSSR count). The second-order valence-corrected chi connectivity index (χ2v) is 7.33. The number of rotatable bonds is 10. The number of hydrogen-bond donors (Lipinski definition) is 0. The molecule has 0 unspecified atom stereocenters. The minimum Gasteiger partial charge on any atom is -0.294 e. The number of hydrogen-bond acceptors (Lipinski definition) is 1. The predicted octanol–water partition coefficient (Wildman–Crippen LogP) is 6.84. The van der Waals surface area contributed by atoms with Crippen molar-refractivity contribution in [1.29, 1.82) is 0 Å². The summed E-state index contributed by atoms with van der Waals surface area (Å²) in [6.07, 6.45) is 6.15. The molecule has 0 heterocycles. The summed E-state index contributed by atoms with van der Waals surface area (Å²) < 4.78 is 0. The van der Waals surface area contributed by atoms with E-state index in [1.54, 1.807) is 0 Å². The van der Waals surface area contributed by atoms with Crippen molar-refractivity contribution >= 4 is 17.4 Å². The van der Waals surface area contributed by atoms with Gasteiger partial charge < -0.3 is 0 Å². The Hall–Kier alpha value is -2.29. The van der Waals surface area contributed by atoms with Crippen LogP contribution in [0.25, 0.3) is 0 Å². The Balaban J connectivity index is 2.33. The fourth-order valence-electron chi connectivity index (χ4n) is 3.27. The molecule has 0 radical (unpaired) electrons. The van der Waals surface area contributed by atoms with Gasteiger partial charge in [-0.05, 0) is 61.1 Å². The molecule has 0 fully saturated rings. The highest BCUT2D eigenvalue weighted by Gasteiger charge is 2.23. The topological polar surface area (TPSA) is 23.6 Å². The Labute approximate surface area is 171 Å². The molecule has 0 spiro atoms. The molecule has 2 amide bonds. The smallest absolute Gasteiger partial charge is 0.294 e. The number of urea groups is 1. The lowest BCUT2D eigenvalue weighted by Gasteiger charge is -2.31. The molecule has 0 saturated carbocycles. The van der Waals surface area contributed by atoms with Gasteiger partial charge in [0.05, 0.1) is 0 Å². The van der Waals surface area contributed by atoms with Crippen molar-refractivity contribution in [3.05, 3.63) is 59.7 Å². The number of anilines is 2. The second kappa shape index (κ2) is 11.5. The van der Waals surface area contributed by atoms with Crippen molar-refractivity contribution in [3.8, 4) is 0 Å². The third-order valence-corrected chi connectivity index (χ3v) is 5.24.